The van der Waals surface area contributed by atoms with Gasteiger partial charge in [0.1, 0.15) is 5.75 Å². The second kappa shape index (κ2) is 3.85. The summed E-state index contributed by atoms with van der Waals surface area (Å²) in [6.07, 6.45) is 4.97. The van der Waals surface area contributed by atoms with Crippen LogP contribution in [0.25, 0.3) is 0 Å². The molecule has 1 aromatic carbocycles. The highest BCUT2D eigenvalue weighted by Gasteiger charge is 2.59. The number of fused-ring (bicyclic) bond motifs is 5. The number of amides is 2. The zero-order valence-corrected chi connectivity index (χ0v) is 11.2. The third kappa shape index (κ3) is 1.37. The first kappa shape index (κ1) is 12.0. The van der Waals surface area contributed by atoms with Crippen molar-refractivity contribution in [3.05, 3.63) is 35.4 Å². The van der Waals surface area contributed by atoms with Crippen molar-refractivity contribution in [3.8, 4) is 5.75 Å². The predicted molar refractivity (Wildman–Crippen MR) is 73.3 cm³/mol. The molecule has 4 atom stereocenters. The van der Waals surface area contributed by atoms with Crippen molar-refractivity contribution < 1.29 is 14.7 Å². The van der Waals surface area contributed by atoms with Crippen LogP contribution in [0.1, 0.15) is 6.42 Å². The first-order valence-corrected chi connectivity index (χ1v) is 7.00. The van der Waals surface area contributed by atoms with Gasteiger partial charge in [0.15, 0.2) is 0 Å². The van der Waals surface area contributed by atoms with Crippen LogP contribution in [-0.2, 0) is 9.59 Å². The molecule has 0 spiro atoms. The Kier molecular flexibility index (Phi) is 2.31. The Morgan fingerprint density at radius 3 is 2.30 bits per heavy atom. The number of imide groups is 1. The number of nitrogens with zero attached hydrogens (tertiary/aromatic N) is 1. The van der Waals surface area contributed by atoms with Gasteiger partial charge in [-0.25, -0.2) is 4.90 Å². The van der Waals surface area contributed by atoms with E-state index in [1.807, 2.05) is 12.2 Å². The van der Waals surface area contributed by atoms with E-state index in [0.29, 0.717) is 5.02 Å². The van der Waals surface area contributed by atoms with Crippen molar-refractivity contribution in [2.45, 2.75) is 6.42 Å². The van der Waals surface area contributed by atoms with Gasteiger partial charge in [0.2, 0.25) is 11.8 Å². The molecule has 2 fully saturated rings. The Morgan fingerprint density at radius 2 is 1.70 bits per heavy atom. The molecule has 1 saturated carbocycles. The average Bonchev–Trinajstić information content (AvgIpc) is 3.08. The number of aromatic hydroxyl groups is 1. The van der Waals surface area contributed by atoms with Gasteiger partial charge in [-0.1, -0.05) is 23.8 Å². The minimum absolute atomic E-state index is 0.101. The lowest BCUT2D eigenvalue weighted by atomic mass is 9.85. The predicted octanol–water partition coefficient (Wildman–Crippen LogP) is 2.36. The molecule has 4 nitrogen and oxygen atoms in total. The molecular formula is C15H12ClNO3. The number of rotatable bonds is 1. The monoisotopic (exact) mass is 289 g/mol. The Balaban J connectivity index is 1.80. The first-order chi connectivity index (χ1) is 9.58. The Labute approximate surface area is 120 Å². The van der Waals surface area contributed by atoms with Crippen LogP contribution in [0.2, 0.25) is 5.02 Å². The molecule has 4 rings (SSSR count). The maximum Gasteiger partial charge on any atom is 0.238 e. The molecule has 2 bridgehead atoms. The van der Waals surface area contributed by atoms with Gasteiger partial charge in [-0.15, -0.1) is 0 Å². The first-order valence-electron chi connectivity index (χ1n) is 6.62. The van der Waals surface area contributed by atoms with Crippen molar-refractivity contribution in [3.63, 3.8) is 0 Å². The highest BCUT2D eigenvalue weighted by atomic mass is 35.5. The van der Waals surface area contributed by atoms with Crippen LogP contribution in [0.15, 0.2) is 30.4 Å². The smallest absolute Gasteiger partial charge is 0.238 e. The molecule has 0 unspecified atom stereocenters. The van der Waals surface area contributed by atoms with E-state index in [4.69, 9.17) is 11.6 Å². The number of anilines is 1. The number of halogens is 1. The van der Waals surface area contributed by atoms with Crippen molar-refractivity contribution in [1.82, 2.24) is 0 Å². The second-order valence-electron chi connectivity index (χ2n) is 5.64. The third-order valence-corrected chi connectivity index (χ3v) is 4.88. The van der Waals surface area contributed by atoms with E-state index in [-0.39, 0.29) is 46.9 Å². The molecule has 0 aromatic heterocycles. The molecule has 1 heterocycles. The Hall–Kier alpha value is -1.81. The molecule has 20 heavy (non-hydrogen) atoms. The van der Waals surface area contributed by atoms with E-state index < -0.39 is 0 Å². The summed E-state index contributed by atoms with van der Waals surface area (Å²) in [5.74, 6) is -0.743. The molecular weight excluding hydrogens is 278 g/mol. The summed E-state index contributed by atoms with van der Waals surface area (Å²) in [7, 11) is 0. The summed E-state index contributed by atoms with van der Waals surface area (Å²) in [5.41, 5.74) is 0.196. The topological polar surface area (TPSA) is 57.6 Å². The number of phenols is 1. The lowest BCUT2D eigenvalue weighted by molar-refractivity contribution is -0.123. The number of phenolic OH excluding ortho intramolecular Hbond substituents is 1. The van der Waals surface area contributed by atoms with E-state index in [2.05, 4.69) is 0 Å². The zero-order chi connectivity index (χ0) is 14.0. The summed E-state index contributed by atoms with van der Waals surface area (Å²) < 4.78 is 0. The molecule has 1 aliphatic heterocycles. The molecule has 2 amide bonds. The molecule has 1 aromatic rings. The normalized spacial score (nSPS) is 34.1. The molecule has 102 valence electrons. The van der Waals surface area contributed by atoms with Gasteiger partial charge in [0.25, 0.3) is 0 Å². The van der Waals surface area contributed by atoms with Crippen LogP contribution < -0.4 is 4.90 Å². The van der Waals surface area contributed by atoms with Gasteiger partial charge >= 0.3 is 0 Å². The van der Waals surface area contributed by atoms with Crippen molar-refractivity contribution >= 4 is 29.1 Å². The summed E-state index contributed by atoms with van der Waals surface area (Å²) in [5, 5.41) is 10.3. The van der Waals surface area contributed by atoms with E-state index in [1.54, 1.807) is 0 Å². The standard InChI is InChI=1S/C15H12ClNO3/c16-9-3-4-11(18)10(6-9)17-14(19)12-7-1-2-8(5-7)13(12)15(17)20/h1-4,6-8,12-13,18H,5H2/t7-,8+,12-,13-/m0/s1. The summed E-state index contributed by atoms with van der Waals surface area (Å²) in [6, 6.07) is 4.39. The fraction of sp³-hybridized carbons (Fsp3) is 0.333. The number of carbonyl (C=O) groups excluding carboxylic acids is 2. The van der Waals surface area contributed by atoms with Crippen molar-refractivity contribution in [2.24, 2.45) is 23.7 Å². The van der Waals surface area contributed by atoms with Crippen molar-refractivity contribution in [1.29, 1.82) is 0 Å². The maximum atomic E-state index is 12.6. The largest absolute Gasteiger partial charge is 0.506 e. The second-order valence-corrected chi connectivity index (χ2v) is 6.08. The van der Waals surface area contributed by atoms with Crippen LogP contribution in [0, 0.1) is 23.7 Å². The highest BCUT2D eigenvalue weighted by Crippen LogP contribution is 2.53. The zero-order valence-electron chi connectivity index (χ0n) is 10.5. The molecule has 2 aliphatic carbocycles. The van der Waals surface area contributed by atoms with Crippen LogP contribution in [-0.4, -0.2) is 16.9 Å². The number of carbonyl (C=O) groups is 2. The number of allylic oxidation sites excluding steroid dienone is 2. The van der Waals surface area contributed by atoms with Crippen LogP contribution in [0.4, 0.5) is 5.69 Å². The minimum atomic E-state index is -0.268. The van der Waals surface area contributed by atoms with E-state index in [9.17, 15) is 14.7 Å². The van der Waals surface area contributed by atoms with Gasteiger partial charge in [0.05, 0.1) is 17.5 Å². The summed E-state index contributed by atoms with van der Waals surface area (Å²) in [6.45, 7) is 0. The SMILES string of the molecule is O=C1[C@@H]2[C@@H](C(=O)N1c1cc(Cl)ccc1O)[C@H]1C=C[C@@H]2C1. The third-order valence-electron chi connectivity index (χ3n) is 4.65. The Bertz CT molecular complexity index is 639. The molecule has 1 saturated heterocycles. The van der Waals surface area contributed by atoms with Gasteiger partial charge in [-0.2, -0.15) is 0 Å². The summed E-state index contributed by atoms with van der Waals surface area (Å²) >= 11 is 5.91. The Morgan fingerprint density at radius 1 is 1.10 bits per heavy atom. The lowest BCUT2D eigenvalue weighted by Crippen LogP contribution is -2.32. The minimum Gasteiger partial charge on any atom is -0.506 e. The number of hydrogen-bond donors (Lipinski definition) is 1. The molecule has 0 radical (unpaired) electrons. The van der Waals surface area contributed by atoms with Gasteiger partial charge in [0, 0.05) is 5.02 Å². The quantitative estimate of drug-likeness (QED) is 0.638. The van der Waals surface area contributed by atoms with E-state index in [1.165, 1.54) is 18.2 Å². The van der Waals surface area contributed by atoms with E-state index in [0.717, 1.165) is 11.3 Å². The van der Waals surface area contributed by atoms with Gasteiger partial charge in [-0.3, -0.25) is 9.59 Å². The molecule has 5 heteroatoms. The number of hydrogen-bond acceptors (Lipinski definition) is 3. The van der Waals surface area contributed by atoms with Crippen LogP contribution >= 0.6 is 11.6 Å². The molecule has 3 aliphatic rings. The maximum absolute atomic E-state index is 12.6. The van der Waals surface area contributed by atoms with Crippen LogP contribution in [0.5, 0.6) is 5.75 Å². The summed E-state index contributed by atoms with van der Waals surface area (Å²) in [4.78, 5) is 26.3. The van der Waals surface area contributed by atoms with Gasteiger partial charge in [-0.05, 0) is 36.5 Å². The highest BCUT2D eigenvalue weighted by molar-refractivity contribution is 6.31. The molecule has 1 N–H and O–H groups in total. The lowest BCUT2D eigenvalue weighted by Gasteiger charge is -2.18. The average molecular weight is 290 g/mol. The van der Waals surface area contributed by atoms with Crippen molar-refractivity contribution in [2.75, 3.05) is 4.90 Å². The fourth-order valence-corrected chi connectivity index (χ4v) is 3.98. The number of benzene rings is 1. The van der Waals surface area contributed by atoms with E-state index >= 15 is 0 Å². The fourth-order valence-electron chi connectivity index (χ4n) is 3.82. The van der Waals surface area contributed by atoms with Gasteiger partial charge < -0.3 is 5.11 Å². The van der Waals surface area contributed by atoms with Crippen LogP contribution in [0.3, 0.4) is 0 Å².